The Morgan fingerprint density at radius 3 is 2.71 bits per heavy atom. The minimum atomic E-state index is -0.942. The molecule has 5 heteroatoms. The van der Waals surface area contributed by atoms with Gasteiger partial charge in [0.05, 0.1) is 11.6 Å². The van der Waals surface area contributed by atoms with Gasteiger partial charge in [-0.3, -0.25) is 14.5 Å². The summed E-state index contributed by atoms with van der Waals surface area (Å²) in [5.41, 5.74) is -0.565. The van der Waals surface area contributed by atoms with E-state index in [1.54, 1.807) is 0 Å². The molecule has 3 nitrogen and oxygen atoms in total. The maximum Gasteiger partial charge on any atom is 0.305 e. The summed E-state index contributed by atoms with van der Waals surface area (Å²) in [5.74, 6) is -1.60. The third-order valence-corrected chi connectivity index (χ3v) is 1.97. The van der Waals surface area contributed by atoms with Crippen LogP contribution in [-0.4, -0.2) is 11.6 Å². The number of nitrogens with zero attached hydrogens (tertiary/aromatic N) is 1. The molecule has 1 aromatic carbocycles. The summed E-state index contributed by atoms with van der Waals surface area (Å²) in [5, 5.41) is 10.4. The van der Waals surface area contributed by atoms with E-state index in [1.807, 2.05) is 0 Å². The van der Waals surface area contributed by atoms with Crippen LogP contribution in [0.25, 0.3) is 0 Å². The predicted molar refractivity (Wildman–Crippen MR) is 47.4 cm³/mol. The molecule has 0 aromatic heterocycles. The van der Waals surface area contributed by atoms with Crippen LogP contribution in [0, 0.1) is 15.9 Å². The second kappa shape index (κ2) is 4.13. The Morgan fingerprint density at radius 1 is 1.57 bits per heavy atom. The van der Waals surface area contributed by atoms with Crippen molar-refractivity contribution in [2.24, 2.45) is 0 Å². The van der Waals surface area contributed by atoms with E-state index in [0.29, 0.717) is 0 Å². The lowest BCUT2D eigenvalue weighted by Gasteiger charge is -2.07. The molecule has 0 amide bonds. The lowest BCUT2D eigenvalue weighted by atomic mass is 10.0. The van der Waals surface area contributed by atoms with Crippen molar-refractivity contribution in [2.75, 3.05) is 6.67 Å². The van der Waals surface area contributed by atoms with Gasteiger partial charge in [0.2, 0.25) is 5.82 Å². The van der Waals surface area contributed by atoms with E-state index >= 15 is 0 Å². The van der Waals surface area contributed by atoms with Gasteiger partial charge in [0, 0.05) is 17.5 Å². The highest BCUT2D eigenvalue weighted by molar-refractivity contribution is 5.38. The standard InChI is InChI=1S/C9H9F2NO2/c1-6(5-10)7-3-2-4-8(9(7)11)12(13)14/h2-4,6H,5H2,1H3. The Morgan fingerprint density at radius 2 is 2.21 bits per heavy atom. The SMILES string of the molecule is CC(CF)c1cccc([N+](=O)[O-])c1F. The summed E-state index contributed by atoms with van der Waals surface area (Å²) in [6.07, 6.45) is 0. The molecule has 14 heavy (non-hydrogen) atoms. The maximum absolute atomic E-state index is 13.4. The molecular weight excluding hydrogens is 192 g/mol. The fraction of sp³-hybridized carbons (Fsp3) is 0.333. The molecule has 76 valence electrons. The zero-order valence-electron chi connectivity index (χ0n) is 7.54. The molecule has 0 saturated heterocycles. The number of hydrogen-bond acceptors (Lipinski definition) is 2. The summed E-state index contributed by atoms with van der Waals surface area (Å²) in [6, 6.07) is 3.76. The molecule has 0 heterocycles. The van der Waals surface area contributed by atoms with Gasteiger partial charge in [-0.1, -0.05) is 19.1 Å². The third kappa shape index (κ3) is 1.86. The van der Waals surface area contributed by atoms with Crippen molar-refractivity contribution in [3.05, 3.63) is 39.7 Å². The van der Waals surface area contributed by atoms with Gasteiger partial charge >= 0.3 is 5.69 Å². The molecule has 0 spiro atoms. The highest BCUT2D eigenvalue weighted by Crippen LogP contribution is 2.26. The summed E-state index contributed by atoms with van der Waals surface area (Å²) in [6.45, 7) is 0.736. The number of nitro groups is 1. The molecule has 0 N–H and O–H groups in total. The van der Waals surface area contributed by atoms with Gasteiger partial charge in [-0.05, 0) is 0 Å². The molecule has 0 fully saturated rings. The second-order valence-electron chi connectivity index (χ2n) is 2.99. The Hall–Kier alpha value is -1.52. The predicted octanol–water partition coefficient (Wildman–Crippen LogP) is 2.81. The molecule has 0 saturated carbocycles. The molecule has 1 aromatic rings. The number of benzene rings is 1. The first-order valence-electron chi connectivity index (χ1n) is 4.06. The van der Waals surface area contributed by atoms with E-state index in [0.717, 1.165) is 6.07 Å². The fourth-order valence-corrected chi connectivity index (χ4v) is 1.14. The average molecular weight is 201 g/mol. The van der Waals surface area contributed by atoms with Gasteiger partial charge < -0.3 is 0 Å². The summed E-state index contributed by atoms with van der Waals surface area (Å²) in [7, 11) is 0. The molecular formula is C9H9F2NO2. The van der Waals surface area contributed by atoms with Gasteiger partial charge in [0.25, 0.3) is 0 Å². The Balaban J connectivity index is 3.20. The van der Waals surface area contributed by atoms with Crippen LogP contribution < -0.4 is 0 Å². The summed E-state index contributed by atoms with van der Waals surface area (Å²) in [4.78, 5) is 9.54. The van der Waals surface area contributed by atoms with Crippen LogP contribution in [0.2, 0.25) is 0 Å². The van der Waals surface area contributed by atoms with Crippen molar-refractivity contribution in [2.45, 2.75) is 12.8 Å². The van der Waals surface area contributed by atoms with Crippen molar-refractivity contribution in [1.82, 2.24) is 0 Å². The fourth-order valence-electron chi connectivity index (χ4n) is 1.14. The van der Waals surface area contributed by atoms with E-state index in [-0.39, 0.29) is 5.56 Å². The number of halogens is 2. The Kier molecular flexibility index (Phi) is 3.11. The first-order valence-corrected chi connectivity index (χ1v) is 4.06. The monoisotopic (exact) mass is 201 g/mol. The smallest absolute Gasteiger partial charge is 0.258 e. The maximum atomic E-state index is 13.4. The van der Waals surface area contributed by atoms with Gasteiger partial charge in [0.1, 0.15) is 0 Å². The Bertz CT molecular complexity index is 355. The summed E-state index contributed by atoms with van der Waals surface area (Å²) < 4.78 is 25.6. The molecule has 1 unspecified atom stereocenters. The van der Waals surface area contributed by atoms with Crippen LogP contribution in [-0.2, 0) is 0 Å². The molecule has 0 aliphatic heterocycles. The summed E-state index contributed by atoms with van der Waals surface area (Å²) >= 11 is 0. The number of alkyl halides is 1. The highest BCUT2D eigenvalue weighted by Gasteiger charge is 2.20. The quantitative estimate of drug-likeness (QED) is 0.557. The Labute approximate surface area is 79.5 Å². The molecule has 0 radical (unpaired) electrons. The van der Waals surface area contributed by atoms with E-state index < -0.39 is 29.0 Å². The molecule has 1 atom stereocenters. The lowest BCUT2D eigenvalue weighted by molar-refractivity contribution is -0.387. The lowest BCUT2D eigenvalue weighted by Crippen LogP contribution is -2.02. The van der Waals surface area contributed by atoms with Crippen molar-refractivity contribution in [3.8, 4) is 0 Å². The van der Waals surface area contributed by atoms with E-state index in [2.05, 4.69) is 0 Å². The molecule has 0 aliphatic carbocycles. The van der Waals surface area contributed by atoms with Crippen molar-refractivity contribution in [1.29, 1.82) is 0 Å². The average Bonchev–Trinajstić information content (AvgIpc) is 2.16. The van der Waals surface area contributed by atoms with E-state index in [9.17, 15) is 18.9 Å². The van der Waals surface area contributed by atoms with Crippen LogP contribution >= 0.6 is 0 Å². The number of rotatable bonds is 3. The normalized spacial score (nSPS) is 12.5. The minimum Gasteiger partial charge on any atom is -0.258 e. The van der Waals surface area contributed by atoms with Gasteiger partial charge in [-0.2, -0.15) is 4.39 Å². The van der Waals surface area contributed by atoms with E-state index in [4.69, 9.17) is 0 Å². The van der Waals surface area contributed by atoms with Gasteiger partial charge in [-0.15, -0.1) is 0 Å². The largest absolute Gasteiger partial charge is 0.305 e. The topological polar surface area (TPSA) is 43.1 Å². The van der Waals surface area contributed by atoms with Crippen molar-refractivity contribution < 1.29 is 13.7 Å². The third-order valence-electron chi connectivity index (χ3n) is 1.97. The minimum absolute atomic E-state index is 0.0432. The number of hydrogen-bond donors (Lipinski definition) is 0. The zero-order chi connectivity index (χ0) is 10.7. The first-order chi connectivity index (χ1) is 6.57. The van der Waals surface area contributed by atoms with Crippen LogP contribution in [0.3, 0.4) is 0 Å². The van der Waals surface area contributed by atoms with Crippen molar-refractivity contribution in [3.63, 3.8) is 0 Å². The molecule has 0 bridgehead atoms. The van der Waals surface area contributed by atoms with Crippen LogP contribution in [0.4, 0.5) is 14.5 Å². The van der Waals surface area contributed by atoms with Crippen LogP contribution in [0.15, 0.2) is 18.2 Å². The highest BCUT2D eigenvalue weighted by atomic mass is 19.1. The van der Waals surface area contributed by atoms with Gasteiger partial charge in [0.15, 0.2) is 0 Å². The van der Waals surface area contributed by atoms with E-state index in [1.165, 1.54) is 19.1 Å². The number of nitro benzene ring substituents is 1. The second-order valence-corrected chi connectivity index (χ2v) is 2.99. The van der Waals surface area contributed by atoms with Gasteiger partial charge in [-0.25, -0.2) is 0 Å². The van der Waals surface area contributed by atoms with Crippen LogP contribution in [0.5, 0.6) is 0 Å². The van der Waals surface area contributed by atoms with Crippen LogP contribution in [0.1, 0.15) is 18.4 Å². The zero-order valence-corrected chi connectivity index (χ0v) is 7.54. The molecule has 1 rings (SSSR count). The molecule has 0 aliphatic rings. The first kappa shape index (κ1) is 10.6. The van der Waals surface area contributed by atoms with Crippen molar-refractivity contribution >= 4 is 5.69 Å².